The minimum absolute atomic E-state index is 0.0674. The predicted octanol–water partition coefficient (Wildman–Crippen LogP) is 2.93. The van der Waals surface area contributed by atoms with Crippen LogP contribution in [0.25, 0.3) is 0 Å². The molecular weight excluding hydrogens is 256 g/mol. The zero-order chi connectivity index (χ0) is 13.1. The molecule has 1 aliphatic rings. The zero-order valence-corrected chi connectivity index (χ0v) is 11.3. The summed E-state index contributed by atoms with van der Waals surface area (Å²) in [5, 5.41) is 8.07. The second-order valence-electron chi connectivity index (χ2n) is 4.45. The molecule has 1 aromatic heterocycles. The van der Waals surface area contributed by atoms with Crippen molar-refractivity contribution >= 4 is 23.0 Å². The maximum absolute atomic E-state index is 12.2. The number of hydrogen-bond donors (Lipinski definition) is 0. The van der Waals surface area contributed by atoms with E-state index in [0.717, 1.165) is 22.6 Å². The number of nitrogens with zero attached hydrogens (tertiary/aromatic N) is 2. The first-order valence-corrected chi connectivity index (χ1v) is 7.16. The molecule has 3 rings (SSSR count). The van der Waals surface area contributed by atoms with Crippen LogP contribution in [0, 0.1) is 0 Å². The molecule has 2 aromatic rings. The largest absolute Gasteiger partial charge is 0.273 e. The van der Waals surface area contributed by atoms with Gasteiger partial charge in [0.15, 0.2) is 0 Å². The van der Waals surface area contributed by atoms with E-state index >= 15 is 0 Å². The first-order valence-electron chi connectivity index (χ1n) is 6.28. The molecule has 3 nitrogen and oxygen atoms in total. The summed E-state index contributed by atoms with van der Waals surface area (Å²) in [6.45, 7) is 0.693. The Labute approximate surface area is 116 Å². The van der Waals surface area contributed by atoms with Crippen molar-refractivity contribution in [2.45, 2.75) is 12.8 Å². The average molecular weight is 270 g/mol. The van der Waals surface area contributed by atoms with Crippen molar-refractivity contribution < 1.29 is 4.79 Å². The molecule has 96 valence electrons. The molecule has 0 unspecified atom stereocenters. The third-order valence-electron chi connectivity index (χ3n) is 3.09. The van der Waals surface area contributed by atoms with E-state index in [1.165, 1.54) is 0 Å². The fraction of sp³-hybridized carbons (Fsp3) is 0.200. The van der Waals surface area contributed by atoms with Gasteiger partial charge in [0.2, 0.25) is 5.91 Å². The van der Waals surface area contributed by atoms with Gasteiger partial charge in [-0.05, 0) is 17.0 Å². The van der Waals surface area contributed by atoms with Crippen LogP contribution >= 0.6 is 11.3 Å². The van der Waals surface area contributed by atoms with Crippen molar-refractivity contribution in [2.24, 2.45) is 5.10 Å². The second kappa shape index (κ2) is 5.36. The average Bonchev–Trinajstić information content (AvgIpc) is 3.11. The van der Waals surface area contributed by atoms with Gasteiger partial charge in [0.05, 0.1) is 23.6 Å². The van der Waals surface area contributed by atoms with Gasteiger partial charge in [-0.3, -0.25) is 4.79 Å². The number of rotatable bonds is 3. The molecule has 0 radical (unpaired) electrons. The van der Waals surface area contributed by atoms with Gasteiger partial charge < -0.3 is 0 Å². The molecule has 0 aliphatic carbocycles. The lowest BCUT2D eigenvalue weighted by Crippen LogP contribution is -2.25. The summed E-state index contributed by atoms with van der Waals surface area (Å²) >= 11 is 1.67. The quantitative estimate of drug-likeness (QED) is 0.844. The zero-order valence-electron chi connectivity index (χ0n) is 10.5. The molecule has 4 heteroatoms. The van der Waals surface area contributed by atoms with Crippen LogP contribution in [0.15, 0.2) is 52.9 Å². The van der Waals surface area contributed by atoms with Gasteiger partial charge in [0.25, 0.3) is 0 Å². The number of hydrogen-bond acceptors (Lipinski definition) is 3. The van der Waals surface area contributed by atoms with Gasteiger partial charge in [-0.25, -0.2) is 5.01 Å². The van der Waals surface area contributed by atoms with Crippen LogP contribution in [-0.4, -0.2) is 23.2 Å². The van der Waals surface area contributed by atoms with Crippen molar-refractivity contribution in [3.05, 3.63) is 58.3 Å². The summed E-state index contributed by atoms with van der Waals surface area (Å²) in [6.07, 6.45) is 1.27. The minimum Gasteiger partial charge on any atom is -0.273 e. The maximum atomic E-state index is 12.2. The highest BCUT2D eigenvalue weighted by molar-refractivity contribution is 7.12. The van der Waals surface area contributed by atoms with E-state index in [4.69, 9.17) is 0 Å². The molecule has 0 saturated heterocycles. The molecule has 0 fully saturated rings. The van der Waals surface area contributed by atoms with Crippen molar-refractivity contribution in [1.29, 1.82) is 0 Å². The number of carbonyl (C=O) groups excluding carboxylic acids is 1. The molecular formula is C15H14N2OS. The monoisotopic (exact) mass is 270 g/mol. The normalized spacial score (nSPS) is 14.5. The van der Waals surface area contributed by atoms with Gasteiger partial charge >= 0.3 is 0 Å². The number of carbonyl (C=O) groups is 1. The summed E-state index contributed by atoms with van der Waals surface area (Å²) in [7, 11) is 0. The minimum atomic E-state index is 0.0674. The number of amides is 1. The molecule has 0 saturated carbocycles. The fourth-order valence-electron chi connectivity index (χ4n) is 2.11. The first-order chi connectivity index (χ1) is 9.33. The van der Waals surface area contributed by atoms with E-state index < -0.39 is 0 Å². The van der Waals surface area contributed by atoms with E-state index in [1.54, 1.807) is 16.3 Å². The molecule has 1 aliphatic heterocycles. The standard InChI is InChI=1S/C15H14N2OS/c18-15(11-12-5-2-1-3-6-12)17-9-8-13(16-17)14-7-4-10-19-14/h1-7,10H,8-9,11H2. The van der Waals surface area contributed by atoms with Crippen LogP contribution in [-0.2, 0) is 11.2 Å². The van der Waals surface area contributed by atoms with Crippen molar-refractivity contribution in [3.63, 3.8) is 0 Å². The van der Waals surface area contributed by atoms with Crippen molar-refractivity contribution in [2.75, 3.05) is 6.54 Å². The Morgan fingerprint density at radius 3 is 2.79 bits per heavy atom. The van der Waals surface area contributed by atoms with E-state index in [2.05, 4.69) is 11.2 Å². The second-order valence-corrected chi connectivity index (χ2v) is 5.40. The lowest BCUT2D eigenvalue weighted by atomic mass is 10.1. The molecule has 0 N–H and O–H groups in total. The van der Waals surface area contributed by atoms with Gasteiger partial charge in [-0.1, -0.05) is 36.4 Å². The maximum Gasteiger partial charge on any atom is 0.247 e. The Bertz CT molecular complexity index is 590. The third kappa shape index (κ3) is 2.74. The van der Waals surface area contributed by atoms with E-state index in [-0.39, 0.29) is 5.91 Å². The van der Waals surface area contributed by atoms with Gasteiger partial charge in [-0.15, -0.1) is 11.3 Å². The topological polar surface area (TPSA) is 32.7 Å². The highest BCUT2D eigenvalue weighted by atomic mass is 32.1. The summed E-state index contributed by atoms with van der Waals surface area (Å²) in [4.78, 5) is 13.3. The van der Waals surface area contributed by atoms with Crippen LogP contribution in [0.1, 0.15) is 16.9 Å². The fourth-order valence-corrected chi connectivity index (χ4v) is 2.85. The number of benzene rings is 1. The van der Waals surface area contributed by atoms with Gasteiger partial charge in [0, 0.05) is 6.42 Å². The number of thiophene rings is 1. The highest BCUT2D eigenvalue weighted by Crippen LogP contribution is 2.18. The number of hydrazone groups is 1. The summed E-state index contributed by atoms with van der Waals surface area (Å²) in [6, 6.07) is 13.9. The molecule has 0 atom stereocenters. The van der Waals surface area contributed by atoms with Gasteiger partial charge in [-0.2, -0.15) is 5.10 Å². The smallest absolute Gasteiger partial charge is 0.247 e. The first kappa shape index (κ1) is 12.1. The van der Waals surface area contributed by atoms with E-state index in [0.29, 0.717) is 13.0 Å². The Balaban J connectivity index is 1.69. The van der Waals surface area contributed by atoms with E-state index in [9.17, 15) is 4.79 Å². The van der Waals surface area contributed by atoms with Crippen molar-refractivity contribution in [1.82, 2.24) is 5.01 Å². The Morgan fingerprint density at radius 1 is 1.21 bits per heavy atom. The SMILES string of the molecule is O=C(Cc1ccccc1)N1CCC(c2cccs2)=N1. The van der Waals surface area contributed by atoms with E-state index in [1.807, 2.05) is 41.8 Å². The van der Waals surface area contributed by atoms with Crippen molar-refractivity contribution in [3.8, 4) is 0 Å². The molecule has 0 spiro atoms. The Morgan fingerprint density at radius 2 is 2.05 bits per heavy atom. The predicted molar refractivity (Wildman–Crippen MR) is 77.3 cm³/mol. The summed E-state index contributed by atoms with van der Waals surface area (Å²) in [5.41, 5.74) is 2.06. The lowest BCUT2D eigenvalue weighted by molar-refractivity contribution is -0.130. The van der Waals surface area contributed by atoms with Crippen LogP contribution in [0.5, 0.6) is 0 Å². The van der Waals surface area contributed by atoms with Crippen LogP contribution < -0.4 is 0 Å². The molecule has 0 bridgehead atoms. The summed E-state index contributed by atoms with van der Waals surface area (Å²) < 4.78 is 0. The Kier molecular flexibility index (Phi) is 3.42. The molecule has 1 amide bonds. The third-order valence-corrected chi connectivity index (χ3v) is 4.01. The summed E-state index contributed by atoms with van der Waals surface area (Å²) in [5.74, 6) is 0.0674. The van der Waals surface area contributed by atoms with Crippen LogP contribution in [0.3, 0.4) is 0 Å². The van der Waals surface area contributed by atoms with Crippen LogP contribution in [0.2, 0.25) is 0 Å². The molecule has 1 aromatic carbocycles. The Hall–Kier alpha value is -1.94. The molecule has 19 heavy (non-hydrogen) atoms. The lowest BCUT2D eigenvalue weighted by Gasteiger charge is -2.10. The highest BCUT2D eigenvalue weighted by Gasteiger charge is 2.21. The van der Waals surface area contributed by atoms with Crippen LogP contribution in [0.4, 0.5) is 0 Å². The molecule has 2 heterocycles. The van der Waals surface area contributed by atoms with Gasteiger partial charge in [0.1, 0.15) is 0 Å².